The van der Waals surface area contributed by atoms with Crippen molar-refractivity contribution in [2.24, 2.45) is 25.9 Å². The molecule has 1 aliphatic rings. The lowest BCUT2D eigenvalue weighted by atomic mass is 9.81. The molecule has 0 spiro atoms. The van der Waals surface area contributed by atoms with Crippen LogP contribution in [0.15, 0.2) is 118 Å². The maximum atomic E-state index is 12.4. The van der Waals surface area contributed by atoms with Crippen LogP contribution in [0.5, 0.6) is 5.75 Å². The van der Waals surface area contributed by atoms with E-state index in [2.05, 4.69) is 30.9 Å². The highest BCUT2D eigenvalue weighted by Gasteiger charge is 2.30. The number of hydrogen-bond donors (Lipinski definition) is 3. The second kappa shape index (κ2) is 24.6. The topological polar surface area (TPSA) is 172 Å². The molecule has 5 rings (SSSR count). The number of likely N-dealkylation sites (tertiary alicyclic amines) is 1. The molecule has 1 fully saturated rings. The molecule has 0 bridgehead atoms. The number of hydrogen-bond acceptors (Lipinski definition) is 12. The first-order chi connectivity index (χ1) is 29.0. The minimum Gasteiger partial charge on any atom is -0.429 e. The molecule has 0 aliphatic carbocycles. The van der Waals surface area contributed by atoms with E-state index in [4.69, 9.17) is 7.54 Å². The van der Waals surface area contributed by atoms with Crippen LogP contribution >= 0.6 is 0 Å². The Morgan fingerprint density at radius 2 is 1.24 bits per heavy atom. The smallest absolute Gasteiger partial charge is 0.298 e. The first kappa shape index (κ1) is 43.1. The van der Waals surface area contributed by atoms with E-state index in [1.165, 1.54) is 7.11 Å². The molecule has 310 valence electrons. The van der Waals surface area contributed by atoms with Gasteiger partial charge in [0.25, 0.3) is 12.4 Å². The highest BCUT2D eigenvalue weighted by atomic mass is 16.5. The van der Waals surface area contributed by atoms with Crippen LogP contribution in [0, 0.1) is 5.41 Å². The predicted molar refractivity (Wildman–Crippen MR) is 229 cm³/mol. The van der Waals surface area contributed by atoms with Crippen molar-refractivity contribution in [3.8, 4) is 5.75 Å². The zero-order valence-electron chi connectivity index (χ0n) is 36.2. The van der Waals surface area contributed by atoms with Gasteiger partial charge in [-0.2, -0.15) is 20.5 Å². The number of nitrogens with one attached hydrogen (secondary N) is 1. The van der Waals surface area contributed by atoms with Crippen molar-refractivity contribution in [3.63, 3.8) is 0 Å². The van der Waals surface area contributed by atoms with E-state index in [0.717, 1.165) is 42.0 Å². The van der Waals surface area contributed by atoms with Crippen LogP contribution < -0.4 is 19.9 Å². The summed E-state index contributed by atoms with van der Waals surface area (Å²) in [6.07, 6.45) is 4.34. The van der Waals surface area contributed by atoms with Crippen LogP contribution in [0.1, 0.15) is 57.2 Å². The van der Waals surface area contributed by atoms with Gasteiger partial charge in [-0.25, -0.2) is 0 Å². The van der Waals surface area contributed by atoms with E-state index in [1.807, 2.05) is 91.4 Å². The fourth-order valence-electron chi connectivity index (χ4n) is 5.62. The second-order valence-electron chi connectivity index (χ2n) is 14.1. The van der Waals surface area contributed by atoms with Crippen molar-refractivity contribution in [2.75, 3.05) is 71.3 Å². The first-order valence-corrected chi connectivity index (χ1v) is 19.1. The number of aliphatic hydroxyl groups excluding tert-OH is 2. The molecule has 0 radical (unpaired) electrons. The first-order valence-electron chi connectivity index (χ1n) is 20.2. The van der Waals surface area contributed by atoms with Gasteiger partial charge >= 0.3 is 0 Å². The van der Waals surface area contributed by atoms with Gasteiger partial charge in [0, 0.05) is 86.3 Å². The maximum Gasteiger partial charge on any atom is 0.298 e. The Hall–Kier alpha value is -5.99. The number of nitrogens with zero attached hydrogens (tertiary/aromatic N) is 7. The van der Waals surface area contributed by atoms with Crippen molar-refractivity contribution in [2.45, 2.75) is 45.4 Å². The number of aliphatic hydroxyl groups is 2. The third-order valence-corrected chi connectivity index (χ3v) is 9.31. The van der Waals surface area contributed by atoms with E-state index >= 15 is 0 Å². The van der Waals surface area contributed by atoms with Gasteiger partial charge in [0.1, 0.15) is 5.75 Å². The van der Waals surface area contributed by atoms with Crippen molar-refractivity contribution >= 4 is 52.4 Å². The standard InChI is InChI=1S/C28H39N5O3.C15H15N3O2.CH4O/c1-28(21-34)16-19-33(20-17-28)26(35)7-5-4-6-18-29-27(36)22-8-10-23(11-9-22)30-31-24-12-14-25(15-13-24)32(2)3;1-18(2)14-7-3-12(4-8-14)16-17-13-5-9-15(10-6-13)20-11-19;1-2/h8-15,34H,4-7,16-21H2,1-3H3,(H,29,36);3-11H,1-2H3;2H,1H3/i1D;;2T. The van der Waals surface area contributed by atoms with Crippen LogP contribution in [0.3, 0.4) is 0 Å². The summed E-state index contributed by atoms with van der Waals surface area (Å²) in [6, 6.07) is 29.4. The van der Waals surface area contributed by atoms with Gasteiger partial charge in [0.2, 0.25) is 7.34 Å². The highest BCUT2D eigenvalue weighted by Crippen LogP contribution is 2.30. The Morgan fingerprint density at radius 1 is 0.793 bits per heavy atom. The summed E-state index contributed by atoms with van der Waals surface area (Å²) in [6.45, 7) is 2.42. The van der Waals surface area contributed by atoms with Crippen LogP contribution in [-0.2, 0) is 9.59 Å². The molecule has 3 N–H and O–H groups in total. The second-order valence-corrected chi connectivity index (χ2v) is 14.1. The summed E-state index contributed by atoms with van der Waals surface area (Å²) in [5.41, 5.74) is 5.35. The summed E-state index contributed by atoms with van der Waals surface area (Å²) >= 11 is 0. The van der Waals surface area contributed by atoms with Gasteiger partial charge in [0.15, 0.2) is 0 Å². The molecule has 14 heteroatoms. The Bertz CT molecular complexity index is 1910. The summed E-state index contributed by atoms with van der Waals surface area (Å²) in [5.74, 6) is 0.492. The Kier molecular flexibility index (Phi) is 18.3. The number of azo groups is 2. The third-order valence-electron chi connectivity index (χ3n) is 9.31. The fourth-order valence-corrected chi connectivity index (χ4v) is 5.62. The molecular weight excluding hydrogens is 737 g/mol. The number of ether oxygens (including phenoxy) is 1. The summed E-state index contributed by atoms with van der Waals surface area (Å²) < 4.78 is 18.1. The monoisotopic (exact) mass is 797 g/mol. The van der Waals surface area contributed by atoms with E-state index < -0.39 is 0 Å². The lowest BCUT2D eigenvalue weighted by Crippen LogP contribution is -2.43. The van der Waals surface area contributed by atoms with E-state index in [9.17, 15) is 19.5 Å². The van der Waals surface area contributed by atoms with E-state index in [1.54, 1.807) is 48.5 Å². The number of carbonyl (C=O) groups is 3. The van der Waals surface area contributed by atoms with E-state index in [-0.39, 0.29) is 30.7 Å². The van der Waals surface area contributed by atoms with Crippen molar-refractivity contribution in [1.82, 2.24) is 10.2 Å². The molecule has 0 unspecified atom stereocenters. The average molecular weight is 798 g/mol. The maximum absolute atomic E-state index is 12.4. The zero-order valence-corrected chi connectivity index (χ0v) is 34.2. The molecule has 0 saturated carbocycles. The molecule has 0 atom stereocenters. The van der Waals surface area contributed by atoms with E-state index in [0.29, 0.717) is 68.1 Å². The normalized spacial score (nSPS) is 13.6. The quantitative estimate of drug-likeness (QED) is 0.0576. The number of amides is 2. The highest BCUT2D eigenvalue weighted by molar-refractivity contribution is 5.94. The number of unbranched alkanes of at least 4 members (excludes halogenated alkanes) is 2. The fraction of sp³-hybridized carbons (Fsp3) is 0.386. The SMILES string of the molecule is CN(C)c1ccc(N=Nc2ccc(OC=O)cc2)cc1.[2H]CC1(CO)CCN(C(=O)CCCCCNC(=O)c2ccc(N=Nc3ccc(N(C)C)cc3)cc2)CC1.[3H]OC. The average Bonchev–Trinajstić information content (AvgIpc) is 3.27. The number of carbonyl (C=O) groups excluding carboxylic acids is 3. The number of piperidine rings is 1. The van der Waals surface area contributed by atoms with Gasteiger partial charge in [-0.1, -0.05) is 13.3 Å². The third kappa shape index (κ3) is 15.9. The Labute approximate surface area is 345 Å². The predicted octanol–water partition coefficient (Wildman–Crippen LogP) is 8.39. The molecule has 4 aromatic rings. The number of anilines is 2. The summed E-state index contributed by atoms with van der Waals surface area (Å²) in [4.78, 5) is 40.9. The molecule has 1 heterocycles. The molecule has 4 aromatic carbocycles. The van der Waals surface area contributed by atoms with Crippen molar-refractivity contribution in [1.29, 1.82) is 1.43 Å². The molecule has 58 heavy (non-hydrogen) atoms. The van der Waals surface area contributed by atoms with Gasteiger partial charge in [-0.15, -0.1) is 0 Å². The van der Waals surface area contributed by atoms with Gasteiger partial charge < -0.3 is 35.0 Å². The molecule has 2 amide bonds. The molecule has 1 aliphatic heterocycles. The largest absolute Gasteiger partial charge is 0.429 e. The van der Waals surface area contributed by atoms with Gasteiger partial charge in [-0.05, 0) is 128 Å². The molecular formula is C44H58N8O6. The van der Waals surface area contributed by atoms with Crippen molar-refractivity contribution < 1.29 is 30.7 Å². The molecule has 14 nitrogen and oxygen atoms in total. The summed E-state index contributed by atoms with van der Waals surface area (Å²) in [5, 5.41) is 32.7. The zero-order chi connectivity index (χ0) is 43.8. The van der Waals surface area contributed by atoms with Crippen LogP contribution in [0.25, 0.3) is 0 Å². The number of benzene rings is 4. The lowest BCUT2D eigenvalue weighted by molar-refractivity contribution is -0.134. The van der Waals surface area contributed by atoms with Gasteiger partial charge in [-0.3, -0.25) is 14.4 Å². The van der Waals surface area contributed by atoms with Gasteiger partial charge in [0.05, 0.1) is 22.7 Å². The van der Waals surface area contributed by atoms with Crippen LogP contribution in [-0.4, -0.2) is 96.4 Å². The molecule has 0 aromatic heterocycles. The minimum absolute atomic E-state index is 0.0198. The minimum atomic E-state index is -0.335. The Balaban J connectivity index is 0.000000350. The lowest BCUT2D eigenvalue weighted by Gasteiger charge is -2.38. The van der Waals surface area contributed by atoms with Crippen LogP contribution in [0.4, 0.5) is 34.1 Å². The summed E-state index contributed by atoms with van der Waals surface area (Å²) in [7, 11) is 9.23. The van der Waals surface area contributed by atoms with Crippen LogP contribution in [0.2, 0.25) is 0 Å². The van der Waals surface area contributed by atoms with Crippen molar-refractivity contribution in [3.05, 3.63) is 103 Å². The molecule has 1 saturated heterocycles. The number of rotatable bonds is 16. The Morgan fingerprint density at radius 3 is 1.66 bits per heavy atom.